The summed E-state index contributed by atoms with van der Waals surface area (Å²) >= 11 is 0. The van der Waals surface area contributed by atoms with Crippen LogP contribution in [0.4, 0.5) is 0 Å². The molecule has 3 aromatic rings. The van der Waals surface area contributed by atoms with Gasteiger partial charge in [-0.1, -0.05) is 79.7 Å². The second kappa shape index (κ2) is 13.2. The molecule has 2 amide bonds. The van der Waals surface area contributed by atoms with E-state index in [2.05, 4.69) is 54.7 Å². The monoisotopic (exact) mass is 551 g/mol. The van der Waals surface area contributed by atoms with Crippen molar-refractivity contribution in [2.45, 2.75) is 51.6 Å². The van der Waals surface area contributed by atoms with E-state index in [0.717, 1.165) is 41.7 Å². The van der Waals surface area contributed by atoms with Gasteiger partial charge in [0.1, 0.15) is 5.75 Å². The van der Waals surface area contributed by atoms with Crippen LogP contribution in [0.5, 0.6) is 5.75 Å². The lowest BCUT2D eigenvalue weighted by Gasteiger charge is -2.44. The predicted molar refractivity (Wildman–Crippen MR) is 164 cm³/mol. The molecule has 3 aromatic carbocycles. The Hall–Kier alpha value is -3.90. The first-order valence-electron chi connectivity index (χ1n) is 14.8. The highest BCUT2D eigenvalue weighted by molar-refractivity contribution is 6.03. The molecule has 1 fully saturated rings. The van der Waals surface area contributed by atoms with Crippen LogP contribution in [-0.4, -0.2) is 67.0 Å². The molecular weight excluding hydrogens is 510 g/mol. The van der Waals surface area contributed by atoms with Gasteiger partial charge in [-0.25, -0.2) is 0 Å². The van der Waals surface area contributed by atoms with Gasteiger partial charge in [-0.2, -0.15) is 0 Å². The average Bonchev–Trinajstić information content (AvgIpc) is 3.00. The number of fused-ring (bicyclic) bond motifs is 2. The Bertz CT molecular complexity index is 1380. The minimum atomic E-state index is -0.181. The van der Waals surface area contributed by atoms with Gasteiger partial charge in [-0.05, 0) is 53.2 Å². The van der Waals surface area contributed by atoms with Gasteiger partial charge in [0, 0.05) is 51.6 Å². The number of ether oxygens (including phenoxy) is 1. The molecule has 41 heavy (non-hydrogen) atoms. The number of rotatable bonds is 10. The predicted octanol–water partition coefficient (Wildman–Crippen LogP) is 4.92. The maximum absolute atomic E-state index is 14.0. The zero-order valence-corrected chi connectivity index (χ0v) is 24.4. The fourth-order valence-electron chi connectivity index (χ4n) is 5.96. The largest absolute Gasteiger partial charge is 0.493 e. The first-order valence-corrected chi connectivity index (χ1v) is 14.8. The Morgan fingerprint density at radius 2 is 1.63 bits per heavy atom. The topological polar surface area (TPSA) is 61.9 Å². The van der Waals surface area contributed by atoms with Crippen LogP contribution >= 0.6 is 0 Å². The van der Waals surface area contributed by atoms with E-state index in [9.17, 15) is 9.59 Å². The molecule has 2 heterocycles. The standard InChI is InChI=1S/C35H41N3O3/c1-4-28-12-8-9-13-33(28)41-21-19-27-14-16-29(17-15-27)31-22-30-23-38(25(2)39)24-32(36-30)34(31)35(40)37(3)20-18-26-10-6-5-7-11-26/h5-17,30,32,36H,4,18-24H2,1-3H3. The van der Waals surface area contributed by atoms with Gasteiger partial charge in [-0.3, -0.25) is 9.59 Å². The summed E-state index contributed by atoms with van der Waals surface area (Å²) < 4.78 is 6.09. The Balaban J connectivity index is 1.34. The zero-order valence-electron chi connectivity index (χ0n) is 24.4. The summed E-state index contributed by atoms with van der Waals surface area (Å²) in [5.74, 6) is 1.05. The molecule has 0 radical (unpaired) electrons. The number of nitrogens with one attached hydrogen (secondary N) is 1. The number of carbonyl (C=O) groups excluding carboxylic acids is 2. The number of piperazine rings is 1. The summed E-state index contributed by atoms with van der Waals surface area (Å²) in [6.45, 7) is 6.17. The Morgan fingerprint density at radius 3 is 2.37 bits per heavy atom. The highest BCUT2D eigenvalue weighted by Gasteiger charge is 2.39. The van der Waals surface area contributed by atoms with Gasteiger partial charge in [0.2, 0.25) is 5.91 Å². The number of carbonyl (C=O) groups is 2. The lowest BCUT2D eigenvalue weighted by atomic mass is 9.82. The van der Waals surface area contributed by atoms with E-state index in [0.29, 0.717) is 32.7 Å². The smallest absolute Gasteiger partial charge is 0.251 e. The molecule has 0 saturated carbocycles. The molecule has 2 atom stereocenters. The third-order valence-electron chi connectivity index (χ3n) is 8.31. The van der Waals surface area contributed by atoms with E-state index in [1.54, 1.807) is 6.92 Å². The number of benzene rings is 3. The van der Waals surface area contributed by atoms with Crippen LogP contribution in [0.2, 0.25) is 0 Å². The van der Waals surface area contributed by atoms with Crippen LogP contribution in [0.25, 0.3) is 5.57 Å². The number of aryl methyl sites for hydroxylation is 1. The first-order chi connectivity index (χ1) is 19.9. The number of hydrogen-bond donors (Lipinski definition) is 1. The van der Waals surface area contributed by atoms with Gasteiger partial charge in [-0.15, -0.1) is 0 Å². The van der Waals surface area contributed by atoms with Crippen molar-refractivity contribution in [3.63, 3.8) is 0 Å². The van der Waals surface area contributed by atoms with Gasteiger partial charge in [0.25, 0.3) is 5.91 Å². The van der Waals surface area contributed by atoms with Crippen LogP contribution in [0.3, 0.4) is 0 Å². The van der Waals surface area contributed by atoms with Crippen molar-refractivity contribution in [1.29, 1.82) is 0 Å². The molecule has 1 saturated heterocycles. The first kappa shape index (κ1) is 28.6. The molecule has 6 heteroatoms. The average molecular weight is 552 g/mol. The number of amides is 2. The van der Waals surface area contributed by atoms with Crippen LogP contribution in [0.1, 0.15) is 42.5 Å². The molecule has 6 nitrogen and oxygen atoms in total. The number of nitrogens with zero attached hydrogens (tertiary/aromatic N) is 2. The summed E-state index contributed by atoms with van der Waals surface area (Å²) in [6.07, 6.45) is 3.27. The second-order valence-electron chi connectivity index (χ2n) is 11.2. The van der Waals surface area contributed by atoms with E-state index in [1.807, 2.05) is 53.2 Å². The van der Waals surface area contributed by atoms with E-state index >= 15 is 0 Å². The normalized spacial score (nSPS) is 18.3. The molecule has 0 aromatic heterocycles. The fourth-order valence-corrected chi connectivity index (χ4v) is 5.96. The quantitative estimate of drug-likeness (QED) is 0.389. The van der Waals surface area contributed by atoms with Gasteiger partial charge in [0.15, 0.2) is 0 Å². The number of para-hydroxylation sites is 1. The van der Waals surface area contributed by atoms with Crippen LogP contribution in [-0.2, 0) is 28.9 Å². The van der Waals surface area contributed by atoms with Crippen molar-refractivity contribution in [1.82, 2.24) is 15.1 Å². The maximum atomic E-state index is 14.0. The summed E-state index contributed by atoms with van der Waals surface area (Å²) in [7, 11) is 1.88. The van der Waals surface area contributed by atoms with E-state index in [-0.39, 0.29) is 23.9 Å². The Labute approximate surface area is 244 Å². The van der Waals surface area contributed by atoms with Crippen molar-refractivity contribution in [3.05, 3.63) is 107 Å². The van der Waals surface area contributed by atoms with Crippen molar-refractivity contribution in [2.75, 3.05) is 33.3 Å². The van der Waals surface area contributed by atoms with E-state index in [4.69, 9.17) is 4.74 Å². The van der Waals surface area contributed by atoms with Crippen LogP contribution in [0, 0.1) is 0 Å². The third kappa shape index (κ3) is 6.88. The fraction of sp³-hybridized carbons (Fsp3) is 0.371. The highest BCUT2D eigenvalue weighted by atomic mass is 16.5. The van der Waals surface area contributed by atoms with Gasteiger partial charge < -0.3 is 19.9 Å². The van der Waals surface area contributed by atoms with Crippen LogP contribution < -0.4 is 10.1 Å². The molecule has 1 N–H and O–H groups in total. The Morgan fingerprint density at radius 1 is 0.927 bits per heavy atom. The molecule has 0 spiro atoms. The minimum absolute atomic E-state index is 0.0318. The molecule has 2 bridgehead atoms. The third-order valence-corrected chi connectivity index (χ3v) is 8.31. The molecule has 214 valence electrons. The molecule has 2 aliphatic heterocycles. The van der Waals surface area contributed by atoms with Crippen molar-refractivity contribution in [2.24, 2.45) is 0 Å². The second-order valence-corrected chi connectivity index (χ2v) is 11.2. The molecule has 0 aliphatic carbocycles. The molecular formula is C35H41N3O3. The lowest BCUT2D eigenvalue weighted by Crippen LogP contribution is -2.61. The van der Waals surface area contributed by atoms with Crippen molar-refractivity contribution >= 4 is 17.4 Å². The number of likely N-dealkylation sites (N-methyl/N-ethyl adjacent to an activating group) is 1. The Kier molecular flexibility index (Phi) is 9.20. The highest BCUT2D eigenvalue weighted by Crippen LogP contribution is 2.34. The van der Waals surface area contributed by atoms with Gasteiger partial charge >= 0.3 is 0 Å². The molecule has 5 rings (SSSR count). The van der Waals surface area contributed by atoms with E-state index < -0.39 is 0 Å². The van der Waals surface area contributed by atoms with Gasteiger partial charge in [0.05, 0.1) is 12.6 Å². The zero-order chi connectivity index (χ0) is 28.8. The minimum Gasteiger partial charge on any atom is -0.493 e. The SMILES string of the molecule is CCc1ccccc1OCCc1ccc(C2=C(C(=O)N(C)CCc3ccccc3)C3CN(C(C)=O)CC(C2)N3)cc1. The molecule has 2 aliphatic rings. The number of hydrogen-bond acceptors (Lipinski definition) is 4. The molecule has 2 unspecified atom stereocenters. The maximum Gasteiger partial charge on any atom is 0.251 e. The summed E-state index contributed by atoms with van der Waals surface area (Å²) in [4.78, 5) is 30.0. The summed E-state index contributed by atoms with van der Waals surface area (Å²) in [5.41, 5.74) is 6.60. The lowest BCUT2D eigenvalue weighted by molar-refractivity contribution is -0.132. The van der Waals surface area contributed by atoms with Crippen molar-refractivity contribution < 1.29 is 14.3 Å². The summed E-state index contributed by atoms with van der Waals surface area (Å²) in [5, 5.41) is 3.65. The van der Waals surface area contributed by atoms with E-state index in [1.165, 1.54) is 16.7 Å². The van der Waals surface area contributed by atoms with Crippen molar-refractivity contribution in [3.8, 4) is 5.75 Å². The van der Waals surface area contributed by atoms with Crippen LogP contribution in [0.15, 0.2) is 84.4 Å². The summed E-state index contributed by atoms with van der Waals surface area (Å²) in [6, 6.07) is 27.0.